The Kier molecular flexibility index (Phi) is 4.60. The van der Waals surface area contributed by atoms with E-state index in [1.165, 1.54) is 12.1 Å². The fourth-order valence-electron chi connectivity index (χ4n) is 2.01. The van der Waals surface area contributed by atoms with E-state index in [0.29, 0.717) is 10.7 Å². The summed E-state index contributed by atoms with van der Waals surface area (Å²) in [5.41, 5.74) is 1.74. The molecule has 0 N–H and O–H groups in total. The Morgan fingerprint density at radius 2 is 1.91 bits per heavy atom. The minimum Gasteiger partial charge on any atom is -0.455 e. The van der Waals surface area contributed by atoms with Crippen molar-refractivity contribution in [1.82, 2.24) is 15.0 Å². The molecule has 0 radical (unpaired) electrons. The van der Waals surface area contributed by atoms with E-state index in [4.69, 9.17) is 27.9 Å². The van der Waals surface area contributed by atoms with Crippen LogP contribution in [0.1, 0.15) is 16.1 Å². The molecule has 0 saturated heterocycles. The zero-order valence-electron chi connectivity index (χ0n) is 11.8. The first-order valence-electron chi connectivity index (χ1n) is 6.72. The standard InChI is InChI=1S/C16H11Cl2N3O2/c17-11-6-7-14(15(18)8-11)16(22)23-10-13-9-19-20-21(13)12-4-2-1-3-5-12/h1-9H,10H2. The Morgan fingerprint density at radius 3 is 2.65 bits per heavy atom. The van der Waals surface area contributed by atoms with Crippen LogP contribution in [0.5, 0.6) is 0 Å². The largest absolute Gasteiger partial charge is 0.455 e. The summed E-state index contributed by atoms with van der Waals surface area (Å²) in [6, 6.07) is 14.1. The van der Waals surface area contributed by atoms with Crippen molar-refractivity contribution in [1.29, 1.82) is 0 Å². The van der Waals surface area contributed by atoms with E-state index >= 15 is 0 Å². The van der Waals surface area contributed by atoms with Crippen LogP contribution in [0.15, 0.2) is 54.7 Å². The van der Waals surface area contributed by atoms with Gasteiger partial charge in [0.2, 0.25) is 0 Å². The van der Waals surface area contributed by atoms with Crippen LogP contribution in [0.2, 0.25) is 10.0 Å². The van der Waals surface area contributed by atoms with Crippen molar-refractivity contribution in [3.63, 3.8) is 0 Å². The van der Waals surface area contributed by atoms with Gasteiger partial charge in [0.05, 0.1) is 22.5 Å². The van der Waals surface area contributed by atoms with Gasteiger partial charge in [0.1, 0.15) is 12.3 Å². The van der Waals surface area contributed by atoms with Gasteiger partial charge in [-0.3, -0.25) is 0 Å². The van der Waals surface area contributed by atoms with Crippen LogP contribution in [-0.4, -0.2) is 21.0 Å². The van der Waals surface area contributed by atoms with E-state index in [-0.39, 0.29) is 17.2 Å². The van der Waals surface area contributed by atoms with E-state index in [9.17, 15) is 4.79 Å². The fraction of sp³-hybridized carbons (Fsp3) is 0.0625. The number of aromatic nitrogens is 3. The Labute approximate surface area is 142 Å². The van der Waals surface area contributed by atoms with Gasteiger partial charge in [-0.2, -0.15) is 0 Å². The predicted octanol–water partition coefficient (Wildman–Crippen LogP) is 3.93. The van der Waals surface area contributed by atoms with Crippen LogP contribution in [0.3, 0.4) is 0 Å². The third-order valence-electron chi connectivity index (χ3n) is 3.12. The minimum absolute atomic E-state index is 0.0275. The van der Waals surface area contributed by atoms with Gasteiger partial charge in [-0.15, -0.1) is 5.10 Å². The molecule has 0 aliphatic rings. The van der Waals surface area contributed by atoms with Crippen LogP contribution in [0.4, 0.5) is 0 Å². The molecule has 0 aliphatic heterocycles. The summed E-state index contributed by atoms with van der Waals surface area (Å²) in [5.74, 6) is -0.535. The van der Waals surface area contributed by atoms with E-state index in [1.54, 1.807) is 16.9 Å². The molecule has 0 spiro atoms. The third-order valence-corrected chi connectivity index (χ3v) is 3.67. The lowest BCUT2D eigenvalue weighted by atomic mass is 10.2. The van der Waals surface area contributed by atoms with Gasteiger partial charge >= 0.3 is 5.97 Å². The monoisotopic (exact) mass is 347 g/mol. The van der Waals surface area contributed by atoms with Crippen molar-refractivity contribution >= 4 is 29.2 Å². The number of hydrogen-bond donors (Lipinski definition) is 0. The number of rotatable bonds is 4. The maximum Gasteiger partial charge on any atom is 0.340 e. The maximum atomic E-state index is 12.1. The van der Waals surface area contributed by atoms with Gasteiger partial charge in [0.15, 0.2) is 0 Å². The van der Waals surface area contributed by atoms with Crippen molar-refractivity contribution < 1.29 is 9.53 Å². The molecule has 0 aliphatic carbocycles. The highest BCUT2D eigenvalue weighted by Gasteiger charge is 2.14. The van der Waals surface area contributed by atoms with Crippen LogP contribution in [0, 0.1) is 0 Å². The molecule has 3 aromatic rings. The summed E-state index contributed by atoms with van der Waals surface area (Å²) >= 11 is 11.8. The number of ether oxygens (including phenoxy) is 1. The Bertz CT molecular complexity index is 834. The molecule has 23 heavy (non-hydrogen) atoms. The number of nitrogens with zero attached hydrogens (tertiary/aromatic N) is 3. The van der Waals surface area contributed by atoms with Crippen LogP contribution in [-0.2, 0) is 11.3 Å². The van der Waals surface area contributed by atoms with Crippen LogP contribution in [0.25, 0.3) is 5.69 Å². The van der Waals surface area contributed by atoms with Gasteiger partial charge in [-0.25, -0.2) is 9.48 Å². The molecule has 1 heterocycles. The molecular formula is C16H11Cl2N3O2. The number of halogens is 2. The SMILES string of the molecule is O=C(OCc1cnnn1-c1ccccc1)c1ccc(Cl)cc1Cl. The average Bonchev–Trinajstić information content (AvgIpc) is 3.02. The Hall–Kier alpha value is -2.37. The second-order valence-electron chi connectivity index (χ2n) is 4.67. The molecule has 7 heteroatoms. The summed E-state index contributed by atoms with van der Waals surface area (Å²) in [6.45, 7) is 0.0275. The zero-order valence-corrected chi connectivity index (χ0v) is 13.3. The lowest BCUT2D eigenvalue weighted by Gasteiger charge is -2.08. The maximum absolute atomic E-state index is 12.1. The fourth-order valence-corrected chi connectivity index (χ4v) is 2.50. The number of esters is 1. The number of hydrogen-bond acceptors (Lipinski definition) is 4. The predicted molar refractivity (Wildman–Crippen MR) is 86.9 cm³/mol. The highest BCUT2D eigenvalue weighted by Crippen LogP contribution is 2.22. The molecule has 0 amide bonds. The topological polar surface area (TPSA) is 57.0 Å². The van der Waals surface area contributed by atoms with Gasteiger partial charge in [-0.05, 0) is 30.3 Å². The van der Waals surface area contributed by atoms with Gasteiger partial charge in [0, 0.05) is 5.02 Å². The second-order valence-corrected chi connectivity index (χ2v) is 5.52. The van der Waals surface area contributed by atoms with Crippen molar-refractivity contribution in [2.45, 2.75) is 6.61 Å². The first-order chi connectivity index (χ1) is 11.1. The van der Waals surface area contributed by atoms with Crippen molar-refractivity contribution in [2.75, 3.05) is 0 Å². The van der Waals surface area contributed by atoms with E-state index < -0.39 is 5.97 Å². The Balaban J connectivity index is 1.74. The summed E-state index contributed by atoms with van der Waals surface area (Å²) in [4.78, 5) is 12.1. The van der Waals surface area contributed by atoms with E-state index in [2.05, 4.69) is 10.3 Å². The van der Waals surface area contributed by atoms with E-state index in [0.717, 1.165) is 5.69 Å². The number of carbonyl (C=O) groups excluding carboxylic acids is 1. The van der Waals surface area contributed by atoms with Crippen LogP contribution >= 0.6 is 23.2 Å². The molecule has 5 nitrogen and oxygen atoms in total. The highest BCUT2D eigenvalue weighted by molar-refractivity contribution is 6.36. The summed E-state index contributed by atoms with van der Waals surface area (Å²) in [7, 11) is 0. The molecule has 0 fully saturated rings. The third kappa shape index (κ3) is 3.52. The van der Waals surface area contributed by atoms with E-state index in [1.807, 2.05) is 30.3 Å². The van der Waals surface area contributed by atoms with Crippen molar-refractivity contribution in [3.8, 4) is 5.69 Å². The lowest BCUT2D eigenvalue weighted by molar-refractivity contribution is 0.0465. The van der Waals surface area contributed by atoms with Gasteiger partial charge in [0.25, 0.3) is 0 Å². The molecule has 2 aromatic carbocycles. The number of carbonyl (C=O) groups is 1. The normalized spacial score (nSPS) is 10.5. The molecule has 0 atom stereocenters. The Morgan fingerprint density at radius 1 is 1.13 bits per heavy atom. The number of para-hydroxylation sites is 1. The zero-order chi connectivity index (χ0) is 16.2. The average molecular weight is 348 g/mol. The molecule has 3 rings (SSSR count). The molecule has 1 aromatic heterocycles. The quantitative estimate of drug-likeness (QED) is 0.671. The summed E-state index contributed by atoms with van der Waals surface area (Å²) in [6.07, 6.45) is 1.55. The van der Waals surface area contributed by atoms with Crippen molar-refractivity contribution in [2.24, 2.45) is 0 Å². The molecule has 116 valence electrons. The second kappa shape index (κ2) is 6.81. The smallest absolute Gasteiger partial charge is 0.340 e. The minimum atomic E-state index is -0.535. The summed E-state index contributed by atoms with van der Waals surface area (Å²) < 4.78 is 6.90. The lowest BCUT2D eigenvalue weighted by Crippen LogP contribution is -2.09. The van der Waals surface area contributed by atoms with Gasteiger partial charge < -0.3 is 4.74 Å². The molecule has 0 unspecified atom stereocenters. The summed E-state index contributed by atoms with van der Waals surface area (Å²) in [5, 5.41) is 8.56. The molecule has 0 saturated carbocycles. The number of benzene rings is 2. The first-order valence-corrected chi connectivity index (χ1v) is 7.48. The molecule has 0 bridgehead atoms. The van der Waals surface area contributed by atoms with Crippen molar-refractivity contribution in [3.05, 3.63) is 76.0 Å². The highest BCUT2D eigenvalue weighted by atomic mass is 35.5. The van der Waals surface area contributed by atoms with Gasteiger partial charge in [-0.1, -0.05) is 46.6 Å². The van der Waals surface area contributed by atoms with Crippen LogP contribution < -0.4 is 0 Å². The molecular weight excluding hydrogens is 337 g/mol. The first kappa shape index (κ1) is 15.5.